The summed E-state index contributed by atoms with van der Waals surface area (Å²) in [5.74, 6) is 0.199. The molecule has 1 fully saturated rings. The molecule has 0 radical (unpaired) electrons. The van der Waals surface area contributed by atoms with E-state index in [0.29, 0.717) is 23.0 Å². The molecule has 2 N–H and O–H groups in total. The van der Waals surface area contributed by atoms with Gasteiger partial charge in [-0.15, -0.1) is 0 Å². The maximum absolute atomic E-state index is 12.1. The fourth-order valence-corrected chi connectivity index (χ4v) is 3.02. The van der Waals surface area contributed by atoms with Crippen molar-refractivity contribution in [2.45, 2.75) is 31.8 Å². The van der Waals surface area contributed by atoms with E-state index >= 15 is 0 Å². The van der Waals surface area contributed by atoms with Crippen LogP contribution in [0, 0.1) is 5.92 Å². The van der Waals surface area contributed by atoms with Gasteiger partial charge in [-0.3, -0.25) is 4.79 Å². The molecule has 0 aliphatic heterocycles. The molecule has 5 heteroatoms. The van der Waals surface area contributed by atoms with Crippen LogP contribution < -0.4 is 5.32 Å². The summed E-state index contributed by atoms with van der Waals surface area (Å²) in [5, 5.41) is 13.0. The highest BCUT2D eigenvalue weighted by Crippen LogP contribution is 2.24. The third kappa shape index (κ3) is 4.20. The summed E-state index contributed by atoms with van der Waals surface area (Å²) in [6.45, 7) is 0.596. The van der Waals surface area contributed by atoms with E-state index in [2.05, 4.69) is 21.2 Å². The van der Waals surface area contributed by atoms with Crippen LogP contribution in [0.1, 0.15) is 36.0 Å². The van der Waals surface area contributed by atoms with Gasteiger partial charge >= 0.3 is 0 Å². The van der Waals surface area contributed by atoms with Gasteiger partial charge in [0.05, 0.1) is 16.7 Å². The third-order valence-electron chi connectivity index (χ3n) is 3.48. The minimum atomic E-state index is -0.217. The molecule has 2 rings (SSSR count). The van der Waals surface area contributed by atoms with Crippen LogP contribution in [0.25, 0.3) is 0 Å². The van der Waals surface area contributed by atoms with Crippen molar-refractivity contribution in [3.8, 4) is 0 Å². The quantitative estimate of drug-likeness (QED) is 0.881. The first kappa shape index (κ1) is 14.8. The zero-order valence-electron chi connectivity index (χ0n) is 10.5. The number of carbonyl (C=O) groups is 1. The second kappa shape index (κ2) is 6.73. The number of carbonyl (C=O) groups excluding carboxylic acids is 1. The van der Waals surface area contributed by atoms with Crippen LogP contribution in [0.15, 0.2) is 22.7 Å². The first-order valence-electron chi connectivity index (χ1n) is 6.47. The maximum Gasteiger partial charge on any atom is 0.252 e. The van der Waals surface area contributed by atoms with Gasteiger partial charge in [-0.05, 0) is 43.4 Å². The fourth-order valence-electron chi connectivity index (χ4n) is 2.45. The number of nitrogens with one attached hydrogen (secondary N) is 1. The molecule has 1 saturated carbocycles. The summed E-state index contributed by atoms with van der Waals surface area (Å²) < 4.78 is 0.829. The number of hydrogen-bond donors (Lipinski definition) is 2. The van der Waals surface area contributed by atoms with E-state index in [4.69, 9.17) is 11.6 Å². The van der Waals surface area contributed by atoms with Gasteiger partial charge in [-0.2, -0.15) is 0 Å². The minimum Gasteiger partial charge on any atom is -0.393 e. The van der Waals surface area contributed by atoms with Crippen LogP contribution >= 0.6 is 27.5 Å². The summed E-state index contributed by atoms with van der Waals surface area (Å²) in [4.78, 5) is 12.1. The molecule has 1 aliphatic rings. The molecule has 3 nitrogen and oxygen atoms in total. The monoisotopic (exact) mass is 345 g/mol. The molecule has 0 aromatic heterocycles. The largest absolute Gasteiger partial charge is 0.393 e. The number of halogens is 2. The van der Waals surface area contributed by atoms with Gasteiger partial charge in [0.15, 0.2) is 0 Å². The average molecular weight is 347 g/mol. The Bertz CT molecular complexity index is 467. The predicted molar refractivity (Wildman–Crippen MR) is 79.5 cm³/mol. The molecule has 2 unspecified atom stereocenters. The van der Waals surface area contributed by atoms with Crippen LogP contribution in [0.4, 0.5) is 0 Å². The normalized spacial score (nSPS) is 23.1. The SMILES string of the molecule is O=C(NCC1CCCC(O)C1)c1cc(Br)ccc1Cl. The van der Waals surface area contributed by atoms with Gasteiger partial charge in [-0.1, -0.05) is 34.0 Å². The predicted octanol–water partition coefficient (Wildman–Crippen LogP) is 3.38. The number of aliphatic hydroxyl groups excluding tert-OH is 1. The topological polar surface area (TPSA) is 49.3 Å². The van der Waals surface area contributed by atoms with Crippen LogP contribution in [0.5, 0.6) is 0 Å². The van der Waals surface area contributed by atoms with Crippen LogP contribution in [0.2, 0.25) is 5.02 Å². The second-order valence-electron chi connectivity index (χ2n) is 5.02. The fraction of sp³-hybridized carbons (Fsp3) is 0.500. The van der Waals surface area contributed by atoms with Crippen LogP contribution in [0.3, 0.4) is 0 Å². The van der Waals surface area contributed by atoms with Gasteiger partial charge < -0.3 is 10.4 Å². The Labute approximate surface area is 126 Å². The summed E-state index contributed by atoms with van der Waals surface area (Å²) in [6, 6.07) is 5.22. The molecule has 1 amide bonds. The Morgan fingerprint density at radius 2 is 2.26 bits per heavy atom. The maximum atomic E-state index is 12.1. The third-order valence-corrected chi connectivity index (χ3v) is 4.30. The number of aliphatic hydroxyl groups is 1. The number of hydrogen-bond acceptors (Lipinski definition) is 2. The molecule has 0 heterocycles. The highest BCUT2D eigenvalue weighted by Gasteiger charge is 2.21. The molecular weight excluding hydrogens is 330 g/mol. The molecule has 1 aromatic carbocycles. The molecule has 104 valence electrons. The van der Waals surface area contributed by atoms with Gasteiger partial charge in [0, 0.05) is 11.0 Å². The minimum absolute atomic E-state index is 0.161. The second-order valence-corrected chi connectivity index (χ2v) is 6.34. The van der Waals surface area contributed by atoms with E-state index in [1.807, 2.05) is 0 Å². The van der Waals surface area contributed by atoms with Crippen molar-refractivity contribution in [2.75, 3.05) is 6.54 Å². The van der Waals surface area contributed by atoms with Crippen molar-refractivity contribution in [1.82, 2.24) is 5.32 Å². The Morgan fingerprint density at radius 1 is 1.47 bits per heavy atom. The lowest BCUT2D eigenvalue weighted by Crippen LogP contribution is -2.33. The standard InChI is InChI=1S/C14H17BrClNO2/c15-10-4-5-13(16)12(7-10)14(19)17-8-9-2-1-3-11(18)6-9/h4-5,7,9,11,18H,1-3,6,8H2,(H,17,19). The van der Waals surface area contributed by atoms with Gasteiger partial charge in [0.25, 0.3) is 5.91 Å². The molecule has 2 atom stereocenters. The molecule has 0 saturated heterocycles. The highest BCUT2D eigenvalue weighted by molar-refractivity contribution is 9.10. The van der Waals surface area contributed by atoms with E-state index < -0.39 is 0 Å². The van der Waals surface area contributed by atoms with Crippen LogP contribution in [-0.2, 0) is 0 Å². The zero-order valence-corrected chi connectivity index (χ0v) is 12.9. The molecular formula is C14H17BrClNO2. The molecule has 19 heavy (non-hydrogen) atoms. The number of benzene rings is 1. The molecule has 1 aliphatic carbocycles. The summed E-state index contributed by atoms with van der Waals surface area (Å²) in [5.41, 5.74) is 0.479. The summed E-state index contributed by atoms with van der Waals surface area (Å²) in [7, 11) is 0. The Hall–Kier alpha value is -0.580. The van der Waals surface area contributed by atoms with E-state index in [1.165, 1.54) is 0 Å². The number of rotatable bonds is 3. The van der Waals surface area contributed by atoms with Crippen molar-refractivity contribution < 1.29 is 9.90 Å². The van der Waals surface area contributed by atoms with E-state index in [9.17, 15) is 9.90 Å². The average Bonchev–Trinajstić information content (AvgIpc) is 2.39. The van der Waals surface area contributed by atoms with Crippen molar-refractivity contribution in [3.05, 3.63) is 33.3 Å². The van der Waals surface area contributed by atoms with Gasteiger partial charge in [-0.25, -0.2) is 0 Å². The first-order valence-corrected chi connectivity index (χ1v) is 7.64. The van der Waals surface area contributed by atoms with Crippen molar-refractivity contribution in [3.63, 3.8) is 0 Å². The van der Waals surface area contributed by atoms with E-state index in [1.54, 1.807) is 18.2 Å². The van der Waals surface area contributed by atoms with E-state index in [0.717, 1.165) is 30.2 Å². The molecule has 1 aromatic rings. The lowest BCUT2D eigenvalue weighted by Gasteiger charge is -2.25. The smallest absolute Gasteiger partial charge is 0.252 e. The Kier molecular flexibility index (Phi) is 5.25. The Balaban J connectivity index is 1.92. The molecule has 0 spiro atoms. The molecule has 0 bridgehead atoms. The lowest BCUT2D eigenvalue weighted by atomic mass is 9.87. The van der Waals surface area contributed by atoms with Crippen molar-refractivity contribution >= 4 is 33.4 Å². The van der Waals surface area contributed by atoms with Gasteiger partial charge in [0.2, 0.25) is 0 Å². The summed E-state index contributed by atoms with van der Waals surface area (Å²) >= 11 is 9.34. The zero-order chi connectivity index (χ0) is 13.8. The van der Waals surface area contributed by atoms with Crippen LogP contribution in [-0.4, -0.2) is 23.7 Å². The van der Waals surface area contributed by atoms with Crippen molar-refractivity contribution in [1.29, 1.82) is 0 Å². The number of amides is 1. The summed E-state index contributed by atoms with van der Waals surface area (Å²) in [6.07, 6.45) is 3.52. The van der Waals surface area contributed by atoms with Crippen molar-refractivity contribution in [2.24, 2.45) is 5.92 Å². The lowest BCUT2D eigenvalue weighted by molar-refractivity contribution is 0.0874. The van der Waals surface area contributed by atoms with Gasteiger partial charge in [0.1, 0.15) is 0 Å². The Morgan fingerprint density at radius 3 is 3.00 bits per heavy atom. The first-order chi connectivity index (χ1) is 9.06. The highest BCUT2D eigenvalue weighted by atomic mass is 79.9. The van der Waals surface area contributed by atoms with E-state index in [-0.39, 0.29) is 12.0 Å².